The van der Waals surface area contributed by atoms with Crippen LogP contribution in [0.2, 0.25) is 0 Å². The van der Waals surface area contributed by atoms with E-state index >= 15 is 0 Å². The zero-order valence-electron chi connectivity index (χ0n) is 11.0. The van der Waals surface area contributed by atoms with E-state index < -0.39 is 0 Å². The average Bonchev–Trinajstić information content (AvgIpc) is 2.29. The maximum atomic E-state index is 12.3. The van der Waals surface area contributed by atoms with Crippen LogP contribution in [0.15, 0.2) is 0 Å². The van der Waals surface area contributed by atoms with Crippen molar-refractivity contribution in [3.05, 3.63) is 0 Å². The predicted octanol–water partition coefficient (Wildman–Crippen LogP) is 2.06. The summed E-state index contributed by atoms with van der Waals surface area (Å²) in [7, 11) is 0. The van der Waals surface area contributed by atoms with Gasteiger partial charge in [-0.3, -0.25) is 4.79 Å². The van der Waals surface area contributed by atoms with Gasteiger partial charge in [-0.25, -0.2) is 0 Å². The lowest BCUT2D eigenvalue weighted by molar-refractivity contribution is -0.138. The van der Waals surface area contributed by atoms with Crippen molar-refractivity contribution in [2.75, 3.05) is 26.2 Å². The van der Waals surface area contributed by atoms with Crippen LogP contribution in [0.4, 0.5) is 0 Å². The monoisotopic (exact) mass is 260 g/mol. The zero-order chi connectivity index (χ0) is 11.6. The molecule has 4 heteroatoms. The molecule has 0 aromatic rings. The van der Waals surface area contributed by atoms with Gasteiger partial charge in [0.1, 0.15) is 0 Å². The molecule has 1 atom stereocenters. The molecule has 0 bridgehead atoms. The third kappa shape index (κ3) is 3.85. The molecule has 2 rings (SSSR count). The van der Waals surface area contributed by atoms with Gasteiger partial charge < -0.3 is 10.2 Å². The van der Waals surface area contributed by atoms with Crippen molar-refractivity contribution in [2.45, 2.75) is 39.5 Å². The molecule has 2 saturated heterocycles. The second kappa shape index (κ2) is 6.05. The van der Waals surface area contributed by atoms with Gasteiger partial charge in [-0.15, -0.1) is 12.4 Å². The molecule has 3 nitrogen and oxygen atoms in total. The van der Waals surface area contributed by atoms with E-state index in [1.807, 2.05) is 0 Å². The van der Waals surface area contributed by atoms with Gasteiger partial charge in [0.25, 0.3) is 0 Å². The van der Waals surface area contributed by atoms with E-state index in [1.165, 1.54) is 0 Å². The predicted molar refractivity (Wildman–Crippen MR) is 72.4 cm³/mol. The number of rotatable bonds is 1. The summed E-state index contributed by atoms with van der Waals surface area (Å²) in [6.45, 7) is 8.49. The number of nitrogens with zero attached hydrogens (tertiary/aromatic N) is 1. The summed E-state index contributed by atoms with van der Waals surface area (Å²) in [6.07, 6.45) is 4.53. The maximum absolute atomic E-state index is 12.3. The minimum Gasteiger partial charge on any atom is -0.342 e. The lowest BCUT2D eigenvalue weighted by Gasteiger charge is -2.39. The van der Waals surface area contributed by atoms with Crippen molar-refractivity contribution in [1.82, 2.24) is 10.2 Å². The highest BCUT2D eigenvalue weighted by atomic mass is 35.5. The number of carbonyl (C=O) groups excluding carboxylic acids is 1. The summed E-state index contributed by atoms with van der Waals surface area (Å²) >= 11 is 0. The van der Waals surface area contributed by atoms with Crippen LogP contribution in [0.3, 0.4) is 0 Å². The number of likely N-dealkylation sites (tertiary alicyclic amines) is 1. The third-order valence-corrected chi connectivity index (χ3v) is 4.07. The van der Waals surface area contributed by atoms with E-state index in [9.17, 15) is 4.79 Å². The van der Waals surface area contributed by atoms with Crippen LogP contribution < -0.4 is 5.32 Å². The number of nitrogens with one attached hydrogen (secondary N) is 1. The Balaban J connectivity index is 0.00000144. The Morgan fingerprint density at radius 1 is 1.29 bits per heavy atom. The highest BCUT2D eigenvalue weighted by Gasteiger charge is 2.31. The zero-order valence-corrected chi connectivity index (χ0v) is 11.8. The van der Waals surface area contributed by atoms with E-state index in [-0.39, 0.29) is 18.3 Å². The fourth-order valence-corrected chi connectivity index (χ4v) is 2.65. The molecule has 0 aromatic heterocycles. The number of halogens is 1. The summed E-state index contributed by atoms with van der Waals surface area (Å²) in [5, 5.41) is 3.32. The minimum atomic E-state index is 0. The molecule has 0 unspecified atom stereocenters. The summed E-state index contributed by atoms with van der Waals surface area (Å²) < 4.78 is 0. The largest absolute Gasteiger partial charge is 0.342 e. The molecule has 1 N–H and O–H groups in total. The first kappa shape index (κ1) is 14.8. The number of hydrogen-bond acceptors (Lipinski definition) is 2. The average molecular weight is 261 g/mol. The molecule has 17 heavy (non-hydrogen) atoms. The summed E-state index contributed by atoms with van der Waals surface area (Å²) in [6, 6.07) is 0. The Hall–Kier alpha value is -0.280. The lowest BCUT2D eigenvalue weighted by Crippen LogP contribution is -2.47. The van der Waals surface area contributed by atoms with Gasteiger partial charge in [-0.1, -0.05) is 13.8 Å². The van der Waals surface area contributed by atoms with Crippen LogP contribution in [0, 0.1) is 11.3 Å². The van der Waals surface area contributed by atoms with E-state index in [0.29, 0.717) is 11.3 Å². The van der Waals surface area contributed by atoms with Gasteiger partial charge in [0.15, 0.2) is 0 Å². The van der Waals surface area contributed by atoms with Crippen LogP contribution in [0.1, 0.15) is 39.5 Å². The number of amides is 1. The Kier molecular flexibility index (Phi) is 5.26. The van der Waals surface area contributed by atoms with Gasteiger partial charge in [-0.05, 0) is 37.6 Å². The highest BCUT2D eigenvalue weighted by molar-refractivity contribution is 5.85. The molecular weight excluding hydrogens is 236 g/mol. The second-order valence-corrected chi connectivity index (χ2v) is 6.03. The highest BCUT2D eigenvalue weighted by Crippen LogP contribution is 2.30. The number of hydrogen-bond donors (Lipinski definition) is 1. The molecule has 100 valence electrons. The summed E-state index contributed by atoms with van der Waals surface area (Å²) in [4.78, 5) is 14.3. The smallest absolute Gasteiger partial charge is 0.226 e. The van der Waals surface area contributed by atoms with Gasteiger partial charge in [0.05, 0.1) is 5.92 Å². The SMILES string of the molecule is CC1(C)CCN(C(=O)[C@@H]2CCCNC2)CC1.Cl. The molecule has 0 radical (unpaired) electrons. The van der Waals surface area contributed by atoms with Crippen molar-refractivity contribution < 1.29 is 4.79 Å². The number of carbonyl (C=O) groups is 1. The lowest BCUT2D eigenvalue weighted by atomic mass is 9.82. The maximum Gasteiger partial charge on any atom is 0.226 e. The van der Waals surface area contributed by atoms with Gasteiger partial charge in [-0.2, -0.15) is 0 Å². The Morgan fingerprint density at radius 2 is 1.94 bits per heavy atom. The summed E-state index contributed by atoms with van der Waals surface area (Å²) in [5.74, 6) is 0.637. The van der Waals surface area contributed by atoms with E-state index in [4.69, 9.17) is 0 Å². The minimum absolute atomic E-state index is 0. The van der Waals surface area contributed by atoms with Crippen molar-refractivity contribution in [1.29, 1.82) is 0 Å². The van der Waals surface area contributed by atoms with Crippen LogP contribution in [0.5, 0.6) is 0 Å². The normalized spacial score (nSPS) is 28.4. The first-order chi connectivity index (χ1) is 7.58. The third-order valence-electron chi connectivity index (χ3n) is 4.07. The van der Waals surface area contributed by atoms with Crippen LogP contribution >= 0.6 is 12.4 Å². The fourth-order valence-electron chi connectivity index (χ4n) is 2.65. The standard InChI is InChI=1S/C13H24N2O.ClH/c1-13(2)5-8-15(9-6-13)12(16)11-4-3-7-14-10-11;/h11,14H,3-10H2,1-2H3;1H/t11-;/m1./s1. The van der Waals surface area contributed by atoms with E-state index in [1.54, 1.807) is 0 Å². The first-order valence-corrected chi connectivity index (χ1v) is 6.58. The number of piperidine rings is 2. The first-order valence-electron chi connectivity index (χ1n) is 6.58. The molecule has 0 aromatic carbocycles. The van der Waals surface area contributed by atoms with Crippen molar-refractivity contribution >= 4 is 18.3 Å². The van der Waals surface area contributed by atoms with Crippen LogP contribution in [-0.4, -0.2) is 37.0 Å². The Morgan fingerprint density at radius 3 is 2.47 bits per heavy atom. The molecule has 0 aliphatic carbocycles. The van der Waals surface area contributed by atoms with Crippen molar-refractivity contribution in [3.8, 4) is 0 Å². The molecule has 2 aliphatic rings. The molecule has 1 amide bonds. The molecule has 0 spiro atoms. The van der Waals surface area contributed by atoms with Crippen molar-refractivity contribution in [3.63, 3.8) is 0 Å². The fraction of sp³-hybridized carbons (Fsp3) is 0.923. The molecule has 2 heterocycles. The van der Waals surface area contributed by atoms with Crippen LogP contribution in [-0.2, 0) is 4.79 Å². The molecule has 2 fully saturated rings. The quantitative estimate of drug-likeness (QED) is 0.783. The summed E-state index contributed by atoms with van der Waals surface area (Å²) in [5.41, 5.74) is 0.432. The van der Waals surface area contributed by atoms with Gasteiger partial charge >= 0.3 is 0 Å². The van der Waals surface area contributed by atoms with E-state index in [2.05, 4.69) is 24.1 Å². The molecular formula is C13H25ClN2O. The molecule has 0 saturated carbocycles. The Bertz CT molecular complexity index is 252. The molecule has 2 aliphatic heterocycles. The Labute approximate surface area is 111 Å². The topological polar surface area (TPSA) is 32.3 Å². The van der Waals surface area contributed by atoms with Gasteiger partial charge in [0, 0.05) is 19.6 Å². The van der Waals surface area contributed by atoms with Gasteiger partial charge in [0.2, 0.25) is 5.91 Å². The van der Waals surface area contributed by atoms with E-state index in [0.717, 1.165) is 51.9 Å². The second-order valence-electron chi connectivity index (χ2n) is 6.03. The van der Waals surface area contributed by atoms with Crippen LogP contribution in [0.25, 0.3) is 0 Å². The van der Waals surface area contributed by atoms with Crippen molar-refractivity contribution in [2.24, 2.45) is 11.3 Å².